The first kappa shape index (κ1) is 18.2. The Morgan fingerprint density at radius 3 is 1.85 bits per heavy atom. The highest BCUT2D eigenvalue weighted by molar-refractivity contribution is 5.64. The van der Waals surface area contributed by atoms with E-state index in [0.717, 1.165) is 42.6 Å². The van der Waals surface area contributed by atoms with Gasteiger partial charge in [0.1, 0.15) is 11.6 Å². The van der Waals surface area contributed by atoms with Crippen molar-refractivity contribution in [2.45, 2.75) is 32.6 Å². The van der Waals surface area contributed by atoms with Gasteiger partial charge in [-0.25, -0.2) is 4.39 Å². The van der Waals surface area contributed by atoms with E-state index in [0.29, 0.717) is 5.56 Å². The highest BCUT2D eigenvalue weighted by Gasteiger charge is 2.06. The van der Waals surface area contributed by atoms with E-state index in [9.17, 15) is 4.39 Å². The molecule has 0 aliphatic heterocycles. The van der Waals surface area contributed by atoms with Crippen molar-refractivity contribution in [3.63, 3.8) is 0 Å². The summed E-state index contributed by atoms with van der Waals surface area (Å²) in [6, 6.07) is 22.0. The number of methoxy groups -OCH3 is 1. The lowest BCUT2D eigenvalue weighted by Gasteiger charge is -2.08. The van der Waals surface area contributed by atoms with Gasteiger partial charge in [0, 0.05) is 5.56 Å². The van der Waals surface area contributed by atoms with Gasteiger partial charge in [-0.15, -0.1) is 0 Å². The molecule has 26 heavy (non-hydrogen) atoms. The molecule has 3 rings (SSSR count). The average molecular weight is 348 g/mol. The molecule has 0 unspecified atom stereocenters. The lowest BCUT2D eigenvalue weighted by atomic mass is 9.98. The van der Waals surface area contributed by atoms with Crippen LogP contribution in [-0.2, 0) is 19.3 Å². The van der Waals surface area contributed by atoms with Gasteiger partial charge in [-0.1, -0.05) is 61.9 Å². The van der Waals surface area contributed by atoms with Crippen molar-refractivity contribution >= 4 is 0 Å². The summed E-state index contributed by atoms with van der Waals surface area (Å²) in [7, 11) is 1.68. The molecule has 0 fully saturated rings. The van der Waals surface area contributed by atoms with Crippen LogP contribution in [0.25, 0.3) is 11.1 Å². The Morgan fingerprint density at radius 1 is 0.731 bits per heavy atom. The van der Waals surface area contributed by atoms with Gasteiger partial charge >= 0.3 is 0 Å². The van der Waals surface area contributed by atoms with Crippen LogP contribution in [0, 0.1) is 5.82 Å². The molecule has 0 spiro atoms. The summed E-state index contributed by atoms with van der Waals surface area (Å²) < 4.78 is 19.6. The normalized spacial score (nSPS) is 10.7. The number of hydrogen-bond acceptors (Lipinski definition) is 1. The van der Waals surface area contributed by atoms with Crippen molar-refractivity contribution in [3.05, 3.63) is 89.2 Å². The largest absolute Gasteiger partial charge is 0.497 e. The van der Waals surface area contributed by atoms with Gasteiger partial charge < -0.3 is 4.74 Å². The van der Waals surface area contributed by atoms with Crippen LogP contribution < -0.4 is 4.74 Å². The zero-order valence-corrected chi connectivity index (χ0v) is 15.5. The maximum atomic E-state index is 14.4. The molecule has 0 saturated heterocycles. The van der Waals surface area contributed by atoms with Crippen molar-refractivity contribution in [1.29, 1.82) is 0 Å². The van der Waals surface area contributed by atoms with Crippen molar-refractivity contribution in [3.8, 4) is 16.9 Å². The first-order valence-corrected chi connectivity index (χ1v) is 9.20. The smallest absolute Gasteiger partial charge is 0.131 e. The third-order valence-corrected chi connectivity index (χ3v) is 4.70. The summed E-state index contributed by atoms with van der Waals surface area (Å²) in [5, 5.41) is 0. The standard InChI is InChI=1S/C24H25FO/c1-3-4-20-11-16-23(24(25)17-20)21-12-7-18(8-13-21)5-6-19-9-14-22(26-2)15-10-19/h7-17H,3-6H2,1-2H3. The molecule has 0 atom stereocenters. The van der Waals surface area contributed by atoms with E-state index in [1.54, 1.807) is 13.2 Å². The first-order valence-electron chi connectivity index (χ1n) is 9.20. The molecule has 0 bridgehead atoms. The fourth-order valence-corrected chi connectivity index (χ4v) is 3.17. The number of hydrogen-bond donors (Lipinski definition) is 0. The fraction of sp³-hybridized carbons (Fsp3) is 0.250. The highest BCUT2D eigenvalue weighted by Crippen LogP contribution is 2.25. The van der Waals surface area contributed by atoms with Crippen LogP contribution in [0.1, 0.15) is 30.0 Å². The second kappa shape index (κ2) is 8.66. The molecule has 0 aliphatic rings. The minimum absolute atomic E-state index is 0.137. The van der Waals surface area contributed by atoms with E-state index >= 15 is 0 Å². The second-order valence-electron chi connectivity index (χ2n) is 6.61. The van der Waals surface area contributed by atoms with E-state index in [4.69, 9.17) is 4.74 Å². The quantitative estimate of drug-likeness (QED) is 0.491. The Morgan fingerprint density at radius 2 is 1.31 bits per heavy atom. The fourth-order valence-electron chi connectivity index (χ4n) is 3.17. The SMILES string of the molecule is CCCc1ccc(-c2ccc(CCc3ccc(OC)cc3)cc2)c(F)c1. The predicted octanol–water partition coefficient (Wildman–Crippen LogP) is 6.24. The molecule has 0 N–H and O–H groups in total. The van der Waals surface area contributed by atoms with Crippen molar-refractivity contribution in [2.24, 2.45) is 0 Å². The minimum Gasteiger partial charge on any atom is -0.497 e. The van der Waals surface area contributed by atoms with Crippen molar-refractivity contribution < 1.29 is 9.13 Å². The summed E-state index contributed by atoms with van der Waals surface area (Å²) in [5.41, 5.74) is 5.20. The Bertz CT molecular complexity index is 835. The first-order chi connectivity index (χ1) is 12.7. The Balaban J connectivity index is 1.66. The number of benzene rings is 3. The van der Waals surface area contributed by atoms with Crippen LogP contribution in [0.5, 0.6) is 5.75 Å². The van der Waals surface area contributed by atoms with Crippen LogP contribution in [0.4, 0.5) is 4.39 Å². The number of halogens is 1. The number of ether oxygens (including phenoxy) is 1. The summed E-state index contributed by atoms with van der Waals surface area (Å²) in [4.78, 5) is 0. The van der Waals surface area contributed by atoms with E-state index in [2.05, 4.69) is 31.2 Å². The molecule has 0 radical (unpaired) electrons. The third kappa shape index (κ3) is 4.51. The van der Waals surface area contributed by atoms with Crippen molar-refractivity contribution in [2.75, 3.05) is 7.11 Å². The molecule has 2 heteroatoms. The van der Waals surface area contributed by atoms with E-state index in [1.807, 2.05) is 36.4 Å². The summed E-state index contributed by atoms with van der Waals surface area (Å²) in [5.74, 6) is 0.743. The third-order valence-electron chi connectivity index (χ3n) is 4.70. The Hall–Kier alpha value is -2.61. The molecule has 0 saturated carbocycles. The van der Waals surface area contributed by atoms with Gasteiger partial charge in [-0.05, 0) is 59.7 Å². The monoisotopic (exact) mass is 348 g/mol. The van der Waals surface area contributed by atoms with Gasteiger partial charge in [-0.2, -0.15) is 0 Å². The van der Waals surface area contributed by atoms with Gasteiger partial charge in [0.05, 0.1) is 7.11 Å². The van der Waals surface area contributed by atoms with Gasteiger partial charge in [-0.3, -0.25) is 0 Å². The second-order valence-corrected chi connectivity index (χ2v) is 6.61. The Labute approximate surface area is 155 Å². The molecular formula is C24H25FO. The van der Waals surface area contributed by atoms with Crippen LogP contribution in [0.2, 0.25) is 0 Å². The number of rotatable bonds is 7. The number of aryl methyl sites for hydroxylation is 3. The van der Waals surface area contributed by atoms with Crippen LogP contribution in [0.3, 0.4) is 0 Å². The molecule has 0 aromatic heterocycles. The van der Waals surface area contributed by atoms with Gasteiger partial charge in [0.15, 0.2) is 0 Å². The van der Waals surface area contributed by atoms with E-state index in [1.165, 1.54) is 11.1 Å². The van der Waals surface area contributed by atoms with Gasteiger partial charge in [0.2, 0.25) is 0 Å². The van der Waals surface area contributed by atoms with Gasteiger partial charge in [0.25, 0.3) is 0 Å². The maximum absolute atomic E-state index is 14.4. The molecule has 0 aliphatic carbocycles. The van der Waals surface area contributed by atoms with E-state index in [-0.39, 0.29) is 5.82 Å². The lowest BCUT2D eigenvalue weighted by molar-refractivity contribution is 0.414. The zero-order valence-electron chi connectivity index (χ0n) is 15.5. The molecule has 0 amide bonds. The maximum Gasteiger partial charge on any atom is 0.131 e. The predicted molar refractivity (Wildman–Crippen MR) is 106 cm³/mol. The van der Waals surface area contributed by atoms with Crippen LogP contribution in [0.15, 0.2) is 66.7 Å². The Kier molecular flexibility index (Phi) is 6.06. The highest BCUT2D eigenvalue weighted by atomic mass is 19.1. The zero-order chi connectivity index (χ0) is 18.4. The molecule has 1 nitrogen and oxygen atoms in total. The van der Waals surface area contributed by atoms with Crippen molar-refractivity contribution in [1.82, 2.24) is 0 Å². The van der Waals surface area contributed by atoms with Crippen LogP contribution in [-0.4, -0.2) is 7.11 Å². The molecular weight excluding hydrogens is 323 g/mol. The lowest BCUT2D eigenvalue weighted by Crippen LogP contribution is -1.93. The van der Waals surface area contributed by atoms with E-state index < -0.39 is 0 Å². The van der Waals surface area contributed by atoms with Crippen LogP contribution >= 0.6 is 0 Å². The summed E-state index contributed by atoms with van der Waals surface area (Å²) in [6.45, 7) is 2.11. The molecule has 3 aromatic carbocycles. The minimum atomic E-state index is -0.137. The molecule has 134 valence electrons. The molecule has 0 heterocycles. The summed E-state index contributed by atoms with van der Waals surface area (Å²) in [6.07, 6.45) is 3.89. The summed E-state index contributed by atoms with van der Waals surface area (Å²) >= 11 is 0. The average Bonchev–Trinajstić information content (AvgIpc) is 2.68. The topological polar surface area (TPSA) is 9.23 Å². The molecule has 3 aromatic rings.